The second-order valence-corrected chi connectivity index (χ2v) is 7.41. The number of hydrogen-bond acceptors (Lipinski definition) is 4. The van der Waals surface area contributed by atoms with Crippen LogP contribution in [-0.2, 0) is 9.47 Å². The minimum Gasteiger partial charge on any atom is -0.497 e. The summed E-state index contributed by atoms with van der Waals surface area (Å²) in [5, 5.41) is 0. The molecule has 4 nitrogen and oxygen atoms in total. The fourth-order valence-corrected chi connectivity index (χ4v) is 3.01. The van der Waals surface area contributed by atoms with E-state index in [1.54, 1.807) is 31.4 Å². The Balaban J connectivity index is 2.08. The first kappa shape index (κ1) is 16.6. The molecule has 1 heterocycles. The van der Waals surface area contributed by atoms with Crippen molar-refractivity contribution in [3.05, 3.63) is 29.8 Å². The van der Waals surface area contributed by atoms with E-state index in [9.17, 15) is 4.79 Å². The topological polar surface area (TPSA) is 44.8 Å². The zero-order chi connectivity index (χ0) is 15.6. The summed E-state index contributed by atoms with van der Waals surface area (Å²) in [6, 6.07) is 6.68. The van der Waals surface area contributed by atoms with Crippen LogP contribution in [0, 0.1) is 5.92 Å². The molecule has 0 bridgehead atoms. The molecule has 0 N–H and O–H groups in total. The molecule has 0 spiro atoms. The summed E-state index contributed by atoms with van der Waals surface area (Å²) in [6.45, 7) is 3.98. The van der Waals surface area contributed by atoms with Crippen LogP contribution in [0.25, 0.3) is 0 Å². The molecule has 1 aliphatic heterocycles. The van der Waals surface area contributed by atoms with Crippen molar-refractivity contribution in [2.24, 2.45) is 5.92 Å². The van der Waals surface area contributed by atoms with Crippen LogP contribution in [0.5, 0.6) is 5.75 Å². The molecular formula is C15H18BrClO4. The van der Waals surface area contributed by atoms with E-state index in [2.05, 4.69) is 15.9 Å². The van der Waals surface area contributed by atoms with E-state index in [-0.39, 0.29) is 12.0 Å². The number of alkyl halides is 2. The summed E-state index contributed by atoms with van der Waals surface area (Å²) in [5.41, 5.74) is 0.423. The molecule has 1 fully saturated rings. The SMILES string of the molecule is CC[C@H]1OC(OC(=O)c2ccc(OC)cc2)[C@@](Cl)(Br)[C@@H]1C. The number of ether oxygens (including phenoxy) is 3. The lowest BCUT2D eigenvalue weighted by Crippen LogP contribution is -2.34. The fraction of sp³-hybridized carbons (Fsp3) is 0.533. The van der Waals surface area contributed by atoms with Gasteiger partial charge in [0.1, 0.15) is 5.75 Å². The van der Waals surface area contributed by atoms with Crippen molar-refractivity contribution in [3.8, 4) is 5.75 Å². The monoisotopic (exact) mass is 376 g/mol. The summed E-state index contributed by atoms with van der Waals surface area (Å²) < 4.78 is 15.3. The van der Waals surface area contributed by atoms with E-state index < -0.39 is 16.0 Å². The van der Waals surface area contributed by atoms with E-state index >= 15 is 0 Å². The first-order valence-electron chi connectivity index (χ1n) is 6.78. The van der Waals surface area contributed by atoms with Gasteiger partial charge in [0.15, 0.2) is 3.78 Å². The van der Waals surface area contributed by atoms with Crippen molar-refractivity contribution < 1.29 is 19.0 Å². The highest BCUT2D eigenvalue weighted by molar-refractivity contribution is 9.10. The average molecular weight is 378 g/mol. The van der Waals surface area contributed by atoms with Gasteiger partial charge < -0.3 is 14.2 Å². The molecule has 0 amide bonds. The van der Waals surface area contributed by atoms with Gasteiger partial charge in [0.05, 0.1) is 18.8 Å². The van der Waals surface area contributed by atoms with E-state index in [1.165, 1.54) is 0 Å². The molecule has 0 saturated carbocycles. The summed E-state index contributed by atoms with van der Waals surface area (Å²) in [6.07, 6.45) is -0.0677. The van der Waals surface area contributed by atoms with Gasteiger partial charge in [-0.15, -0.1) is 0 Å². The Kier molecular flexibility index (Phi) is 5.17. The first-order chi connectivity index (χ1) is 9.90. The number of halogens is 2. The standard InChI is InChI=1S/C15H18BrClO4/c1-4-12-9(2)15(16,17)14(20-12)21-13(18)10-5-7-11(19-3)8-6-10/h5-9,12,14H,4H2,1-3H3/t9-,12-,14?,15-/m1/s1. The van der Waals surface area contributed by atoms with Crippen LogP contribution in [0.15, 0.2) is 24.3 Å². The Hall–Kier alpha value is -0.780. The van der Waals surface area contributed by atoms with Gasteiger partial charge in [0, 0.05) is 5.92 Å². The maximum absolute atomic E-state index is 12.2. The molecule has 4 atom stereocenters. The maximum atomic E-state index is 12.2. The van der Waals surface area contributed by atoms with Crippen molar-refractivity contribution >= 4 is 33.5 Å². The van der Waals surface area contributed by atoms with Crippen LogP contribution in [0.2, 0.25) is 0 Å². The average Bonchev–Trinajstić information content (AvgIpc) is 2.70. The second-order valence-electron chi connectivity index (χ2n) is 5.01. The Bertz CT molecular complexity index is 503. The third kappa shape index (κ3) is 3.35. The number of methoxy groups -OCH3 is 1. The maximum Gasteiger partial charge on any atom is 0.340 e. The first-order valence-corrected chi connectivity index (χ1v) is 7.95. The zero-order valence-corrected chi connectivity index (χ0v) is 14.5. The van der Waals surface area contributed by atoms with Crippen molar-refractivity contribution in [3.63, 3.8) is 0 Å². The van der Waals surface area contributed by atoms with Crippen molar-refractivity contribution in [1.82, 2.24) is 0 Å². The fourth-order valence-electron chi connectivity index (χ4n) is 2.28. The van der Waals surface area contributed by atoms with Crippen molar-refractivity contribution in [2.75, 3.05) is 7.11 Å². The van der Waals surface area contributed by atoms with Gasteiger partial charge in [-0.25, -0.2) is 4.79 Å². The Morgan fingerprint density at radius 2 is 2.05 bits per heavy atom. The zero-order valence-electron chi connectivity index (χ0n) is 12.1. The number of hydrogen-bond donors (Lipinski definition) is 0. The minimum absolute atomic E-state index is 0.0258. The van der Waals surface area contributed by atoms with Gasteiger partial charge in [-0.2, -0.15) is 0 Å². The molecule has 0 aliphatic carbocycles. The molecule has 6 heteroatoms. The molecule has 21 heavy (non-hydrogen) atoms. The highest BCUT2D eigenvalue weighted by Crippen LogP contribution is 2.47. The number of benzene rings is 1. The lowest BCUT2D eigenvalue weighted by atomic mass is 10.0. The molecule has 116 valence electrons. The molecule has 1 aromatic rings. The smallest absolute Gasteiger partial charge is 0.340 e. The van der Waals surface area contributed by atoms with Crippen LogP contribution in [0.3, 0.4) is 0 Å². The Morgan fingerprint density at radius 1 is 1.43 bits per heavy atom. The minimum atomic E-state index is -0.907. The van der Waals surface area contributed by atoms with Crippen molar-refractivity contribution in [1.29, 1.82) is 0 Å². The van der Waals surface area contributed by atoms with Gasteiger partial charge in [-0.05, 0) is 30.7 Å². The third-order valence-corrected chi connectivity index (χ3v) is 5.34. The van der Waals surface area contributed by atoms with E-state index in [4.69, 9.17) is 25.8 Å². The predicted octanol–water partition coefficient (Wildman–Crippen LogP) is 3.95. The van der Waals surface area contributed by atoms with Crippen LogP contribution in [-0.4, -0.2) is 29.3 Å². The molecule has 2 rings (SSSR count). The molecule has 1 unspecified atom stereocenters. The predicted molar refractivity (Wildman–Crippen MR) is 84.0 cm³/mol. The molecule has 1 aliphatic rings. The van der Waals surface area contributed by atoms with Gasteiger partial charge in [0.25, 0.3) is 0 Å². The van der Waals surface area contributed by atoms with E-state index in [1.807, 2.05) is 13.8 Å². The number of rotatable bonds is 4. The van der Waals surface area contributed by atoms with Gasteiger partial charge in [0.2, 0.25) is 6.29 Å². The highest BCUT2D eigenvalue weighted by Gasteiger charge is 2.53. The van der Waals surface area contributed by atoms with Crippen LogP contribution >= 0.6 is 27.5 Å². The lowest BCUT2D eigenvalue weighted by Gasteiger charge is -2.23. The number of carbonyl (C=O) groups is 1. The number of carbonyl (C=O) groups excluding carboxylic acids is 1. The quantitative estimate of drug-likeness (QED) is 0.588. The highest BCUT2D eigenvalue weighted by atomic mass is 79.9. The van der Waals surface area contributed by atoms with Crippen molar-refractivity contribution in [2.45, 2.75) is 36.4 Å². The van der Waals surface area contributed by atoms with Gasteiger partial charge in [-0.3, -0.25) is 0 Å². The van der Waals surface area contributed by atoms with E-state index in [0.29, 0.717) is 11.3 Å². The summed E-state index contributed by atoms with van der Waals surface area (Å²) in [7, 11) is 1.57. The van der Waals surface area contributed by atoms with Gasteiger partial charge in [-0.1, -0.05) is 41.4 Å². The number of esters is 1. The third-order valence-electron chi connectivity index (χ3n) is 3.72. The molecule has 1 saturated heterocycles. The lowest BCUT2D eigenvalue weighted by molar-refractivity contribution is -0.104. The summed E-state index contributed by atoms with van der Waals surface area (Å²) >= 11 is 9.85. The van der Waals surface area contributed by atoms with E-state index in [0.717, 1.165) is 6.42 Å². The molecule has 0 radical (unpaired) electrons. The van der Waals surface area contributed by atoms with Crippen LogP contribution in [0.1, 0.15) is 30.6 Å². The normalized spacial score (nSPS) is 32.0. The largest absolute Gasteiger partial charge is 0.497 e. The molecule has 1 aromatic carbocycles. The Labute approximate surface area is 137 Å². The Morgan fingerprint density at radius 3 is 2.52 bits per heavy atom. The van der Waals surface area contributed by atoms with Gasteiger partial charge >= 0.3 is 5.97 Å². The van der Waals surface area contributed by atoms with Crippen LogP contribution < -0.4 is 4.74 Å². The molecular weight excluding hydrogens is 360 g/mol. The summed E-state index contributed by atoms with van der Waals surface area (Å²) in [4.78, 5) is 12.2. The summed E-state index contributed by atoms with van der Waals surface area (Å²) in [5.74, 6) is 0.226. The second kappa shape index (κ2) is 6.55. The molecule has 0 aromatic heterocycles. The van der Waals surface area contributed by atoms with Crippen LogP contribution in [0.4, 0.5) is 0 Å².